The lowest BCUT2D eigenvalue weighted by Crippen LogP contribution is -1.94. The molecule has 98 valence electrons. The zero-order chi connectivity index (χ0) is 14.0. The first-order valence-corrected chi connectivity index (χ1v) is 5.87. The summed E-state index contributed by atoms with van der Waals surface area (Å²) in [6, 6.07) is 7.58. The van der Waals surface area contributed by atoms with Crippen LogP contribution in [0.3, 0.4) is 0 Å². The molecule has 0 bridgehead atoms. The van der Waals surface area contributed by atoms with Gasteiger partial charge < -0.3 is 4.42 Å². The fraction of sp³-hybridized carbons (Fsp3) is 0.154. The molecule has 0 saturated heterocycles. The molecule has 0 unspecified atom stereocenters. The van der Waals surface area contributed by atoms with Crippen LogP contribution in [0.2, 0.25) is 5.02 Å². The summed E-state index contributed by atoms with van der Waals surface area (Å²) in [6.07, 6.45) is 0.168. The van der Waals surface area contributed by atoms with E-state index in [1.807, 2.05) is 0 Å². The van der Waals surface area contributed by atoms with Crippen molar-refractivity contribution in [3.63, 3.8) is 0 Å². The molecule has 0 radical (unpaired) electrons. The van der Waals surface area contributed by atoms with Gasteiger partial charge in [-0.25, -0.2) is 0 Å². The Bertz CT molecular complexity index is 648. The van der Waals surface area contributed by atoms with Crippen molar-refractivity contribution in [2.24, 2.45) is 0 Å². The lowest BCUT2D eigenvalue weighted by atomic mass is 10.1. The van der Waals surface area contributed by atoms with E-state index in [-0.39, 0.29) is 22.9 Å². The van der Waals surface area contributed by atoms with Gasteiger partial charge in [-0.2, -0.15) is 0 Å². The first-order valence-electron chi connectivity index (χ1n) is 5.50. The number of nitro benzene ring substituents is 1. The number of nitrogens with zero attached hydrogens (tertiary/aromatic N) is 1. The van der Waals surface area contributed by atoms with E-state index in [0.29, 0.717) is 17.1 Å². The standard InChI is InChI=1S/C13H10ClNO4/c1-8(16)6-10-3-5-13(19-10)11-4-2-9(14)7-12(11)15(17)18/h2-5,7H,6H2,1H3. The Morgan fingerprint density at radius 1 is 1.37 bits per heavy atom. The van der Waals surface area contributed by atoms with Crippen LogP contribution >= 0.6 is 11.6 Å². The highest BCUT2D eigenvalue weighted by molar-refractivity contribution is 6.30. The molecule has 1 aromatic heterocycles. The van der Waals surface area contributed by atoms with Gasteiger partial charge in [-0.15, -0.1) is 0 Å². The second-order valence-electron chi connectivity index (χ2n) is 4.06. The number of carbonyl (C=O) groups is 1. The molecule has 0 aliphatic heterocycles. The third-order valence-corrected chi connectivity index (χ3v) is 2.74. The Morgan fingerprint density at radius 2 is 2.11 bits per heavy atom. The van der Waals surface area contributed by atoms with Crippen LogP contribution in [0.15, 0.2) is 34.7 Å². The molecule has 0 N–H and O–H groups in total. The van der Waals surface area contributed by atoms with Gasteiger partial charge in [0, 0.05) is 11.1 Å². The average molecular weight is 280 g/mol. The molecule has 5 nitrogen and oxygen atoms in total. The van der Waals surface area contributed by atoms with Crippen LogP contribution in [0.1, 0.15) is 12.7 Å². The lowest BCUT2D eigenvalue weighted by molar-refractivity contribution is -0.384. The second kappa shape index (κ2) is 5.24. The minimum Gasteiger partial charge on any atom is -0.460 e. The lowest BCUT2D eigenvalue weighted by Gasteiger charge is -2.00. The number of benzene rings is 1. The summed E-state index contributed by atoms with van der Waals surface area (Å²) in [5.41, 5.74) is 0.209. The number of halogens is 1. The summed E-state index contributed by atoms with van der Waals surface area (Å²) in [5.74, 6) is 0.790. The minimum absolute atomic E-state index is 0.0356. The molecule has 0 aliphatic carbocycles. The highest BCUT2D eigenvalue weighted by Gasteiger charge is 2.18. The maximum absolute atomic E-state index is 11.0. The first-order chi connectivity index (χ1) is 8.97. The van der Waals surface area contributed by atoms with Gasteiger partial charge in [0.05, 0.1) is 16.9 Å². The van der Waals surface area contributed by atoms with E-state index in [2.05, 4.69) is 0 Å². The number of carbonyl (C=O) groups excluding carboxylic acids is 1. The Morgan fingerprint density at radius 3 is 2.74 bits per heavy atom. The first kappa shape index (κ1) is 13.3. The molecule has 1 aromatic carbocycles. The predicted octanol–water partition coefficient (Wildman–Crippen LogP) is 3.64. The Balaban J connectivity index is 2.44. The molecule has 1 heterocycles. The van der Waals surface area contributed by atoms with Gasteiger partial charge in [-0.05, 0) is 31.2 Å². The fourth-order valence-corrected chi connectivity index (χ4v) is 1.89. The molecule has 0 amide bonds. The van der Waals surface area contributed by atoms with Crippen molar-refractivity contribution in [1.29, 1.82) is 0 Å². The van der Waals surface area contributed by atoms with E-state index in [9.17, 15) is 14.9 Å². The number of nitro groups is 1. The summed E-state index contributed by atoms with van der Waals surface area (Å²) in [4.78, 5) is 21.5. The number of hydrogen-bond acceptors (Lipinski definition) is 4. The molecule has 2 rings (SSSR count). The Labute approximate surface area is 113 Å². The van der Waals surface area contributed by atoms with Crippen LogP contribution in [0.4, 0.5) is 5.69 Å². The normalized spacial score (nSPS) is 10.4. The molecule has 0 aliphatic rings. The molecular formula is C13H10ClNO4. The number of hydrogen-bond donors (Lipinski definition) is 0. The third kappa shape index (κ3) is 3.00. The minimum atomic E-state index is -0.519. The van der Waals surface area contributed by atoms with Crippen molar-refractivity contribution in [3.8, 4) is 11.3 Å². The molecule has 2 aromatic rings. The van der Waals surface area contributed by atoms with Crippen molar-refractivity contribution in [2.45, 2.75) is 13.3 Å². The van der Waals surface area contributed by atoms with Crippen molar-refractivity contribution >= 4 is 23.1 Å². The highest BCUT2D eigenvalue weighted by Crippen LogP contribution is 2.33. The predicted molar refractivity (Wildman–Crippen MR) is 70.2 cm³/mol. The summed E-state index contributed by atoms with van der Waals surface area (Å²) >= 11 is 5.74. The fourth-order valence-electron chi connectivity index (χ4n) is 1.73. The van der Waals surface area contributed by atoms with Crippen LogP contribution < -0.4 is 0 Å². The Kier molecular flexibility index (Phi) is 3.66. The number of rotatable bonds is 4. The number of furan rings is 1. The highest BCUT2D eigenvalue weighted by atomic mass is 35.5. The van der Waals surface area contributed by atoms with Crippen molar-refractivity contribution < 1.29 is 14.1 Å². The second-order valence-corrected chi connectivity index (χ2v) is 4.50. The van der Waals surface area contributed by atoms with Crippen LogP contribution in [0.5, 0.6) is 0 Å². The summed E-state index contributed by atoms with van der Waals surface area (Å²) in [5, 5.41) is 11.3. The van der Waals surface area contributed by atoms with Crippen LogP contribution in [0, 0.1) is 10.1 Å². The maximum Gasteiger partial charge on any atom is 0.281 e. The van der Waals surface area contributed by atoms with Crippen molar-refractivity contribution in [1.82, 2.24) is 0 Å². The van der Waals surface area contributed by atoms with Gasteiger partial charge >= 0.3 is 0 Å². The monoisotopic (exact) mass is 279 g/mol. The topological polar surface area (TPSA) is 73.3 Å². The van der Waals surface area contributed by atoms with E-state index in [4.69, 9.17) is 16.0 Å². The van der Waals surface area contributed by atoms with E-state index < -0.39 is 4.92 Å². The van der Waals surface area contributed by atoms with E-state index in [1.54, 1.807) is 18.2 Å². The zero-order valence-corrected chi connectivity index (χ0v) is 10.8. The van der Waals surface area contributed by atoms with Crippen molar-refractivity contribution in [2.75, 3.05) is 0 Å². The van der Waals surface area contributed by atoms with Crippen LogP contribution in [0.25, 0.3) is 11.3 Å². The SMILES string of the molecule is CC(=O)Cc1ccc(-c2ccc(Cl)cc2[N+](=O)[O-])o1. The van der Waals surface area contributed by atoms with E-state index in [0.717, 1.165) is 0 Å². The third-order valence-electron chi connectivity index (χ3n) is 2.51. The zero-order valence-electron chi connectivity index (χ0n) is 10.1. The average Bonchev–Trinajstić information content (AvgIpc) is 2.76. The van der Waals surface area contributed by atoms with Crippen molar-refractivity contribution in [3.05, 3.63) is 51.2 Å². The Hall–Kier alpha value is -2.14. The molecule has 0 spiro atoms. The van der Waals surface area contributed by atoms with Gasteiger partial charge in [0.2, 0.25) is 0 Å². The summed E-state index contributed by atoms with van der Waals surface area (Å²) in [6.45, 7) is 1.45. The van der Waals surface area contributed by atoms with Gasteiger partial charge in [-0.1, -0.05) is 11.6 Å². The smallest absolute Gasteiger partial charge is 0.281 e. The van der Waals surface area contributed by atoms with Gasteiger partial charge in [-0.3, -0.25) is 14.9 Å². The molecule has 19 heavy (non-hydrogen) atoms. The van der Waals surface area contributed by atoms with Gasteiger partial charge in [0.25, 0.3) is 5.69 Å². The molecular weight excluding hydrogens is 270 g/mol. The molecule has 0 fully saturated rings. The van der Waals surface area contributed by atoms with Crippen LogP contribution in [-0.4, -0.2) is 10.7 Å². The number of ketones is 1. The largest absolute Gasteiger partial charge is 0.460 e. The van der Waals surface area contributed by atoms with E-state index in [1.165, 1.54) is 19.1 Å². The quantitative estimate of drug-likeness (QED) is 0.632. The molecule has 0 saturated carbocycles. The van der Waals surface area contributed by atoms with Gasteiger partial charge in [0.1, 0.15) is 17.3 Å². The number of Topliss-reactive ketones (excluding diaryl/α,β-unsaturated/α-hetero) is 1. The van der Waals surface area contributed by atoms with Gasteiger partial charge in [0.15, 0.2) is 0 Å². The van der Waals surface area contributed by atoms with E-state index >= 15 is 0 Å². The maximum atomic E-state index is 11.0. The molecule has 0 atom stereocenters. The summed E-state index contributed by atoms with van der Waals surface area (Å²) < 4.78 is 5.44. The molecule has 6 heteroatoms. The van der Waals surface area contributed by atoms with Crippen LogP contribution in [-0.2, 0) is 11.2 Å². The summed E-state index contributed by atoms with van der Waals surface area (Å²) in [7, 11) is 0.